The molecule has 0 radical (unpaired) electrons. The third-order valence-electron chi connectivity index (χ3n) is 6.40. The molecule has 0 heterocycles. The molecule has 2 aliphatic rings. The summed E-state index contributed by atoms with van der Waals surface area (Å²) >= 11 is 0. The smallest absolute Gasteiger partial charge is 0.0212 e. The Hall–Kier alpha value is 0. The average molecular weight is 180 g/mol. The Balaban J connectivity index is 2.46. The van der Waals surface area contributed by atoms with Crippen molar-refractivity contribution in [3.8, 4) is 0 Å². The molecule has 0 heteroatoms. The van der Waals surface area contributed by atoms with Crippen molar-refractivity contribution in [3.05, 3.63) is 0 Å². The summed E-state index contributed by atoms with van der Waals surface area (Å²) in [5.74, 6) is 1.81. The molecule has 0 N–H and O–H groups in total. The fourth-order valence-corrected chi connectivity index (χ4v) is 4.10. The van der Waals surface area contributed by atoms with Gasteiger partial charge in [0.2, 0.25) is 0 Å². The van der Waals surface area contributed by atoms with Crippen LogP contribution in [-0.4, -0.2) is 0 Å². The maximum atomic E-state index is 2.50. The summed E-state index contributed by atoms with van der Waals surface area (Å²) in [5.41, 5.74) is 1.76. The fourth-order valence-electron chi connectivity index (χ4n) is 4.10. The van der Waals surface area contributed by atoms with Gasteiger partial charge in [-0.15, -0.1) is 0 Å². The molecule has 0 aromatic carbocycles. The first-order valence-electron chi connectivity index (χ1n) is 5.77. The van der Waals surface area contributed by atoms with Crippen LogP contribution in [0.5, 0.6) is 0 Å². The molecule has 2 aliphatic carbocycles. The highest BCUT2D eigenvalue weighted by molar-refractivity contribution is 5.18. The Morgan fingerprint density at radius 2 is 1.31 bits per heavy atom. The molecular weight excluding hydrogens is 156 g/mol. The Kier molecular flexibility index (Phi) is 1.58. The van der Waals surface area contributed by atoms with Crippen LogP contribution in [0.2, 0.25) is 0 Å². The first kappa shape index (κ1) is 9.55. The highest BCUT2D eigenvalue weighted by Gasteiger charge is 2.70. The Morgan fingerprint density at radius 1 is 0.846 bits per heavy atom. The third-order valence-corrected chi connectivity index (χ3v) is 6.40. The molecule has 2 atom stereocenters. The second kappa shape index (κ2) is 2.15. The van der Waals surface area contributed by atoms with Crippen molar-refractivity contribution in [3.63, 3.8) is 0 Å². The van der Waals surface area contributed by atoms with Gasteiger partial charge in [0.15, 0.2) is 0 Å². The van der Waals surface area contributed by atoms with E-state index >= 15 is 0 Å². The quantitative estimate of drug-likeness (QED) is 0.526. The number of rotatable bonds is 0. The van der Waals surface area contributed by atoms with Crippen LogP contribution in [0.15, 0.2) is 0 Å². The van der Waals surface area contributed by atoms with Gasteiger partial charge in [0.25, 0.3) is 0 Å². The van der Waals surface area contributed by atoms with Crippen LogP contribution < -0.4 is 0 Å². The van der Waals surface area contributed by atoms with Crippen molar-refractivity contribution < 1.29 is 0 Å². The SMILES string of the molecule is CC1C(C)C2(CC2)C(C)(C)C1(C)C. The molecule has 0 amide bonds. The van der Waals surface area contributed by atoms with Gasteiger partial charge in [-0.1, -0.05) is 41.5 Å². The molecule has 0 aliphatic heterocycles. The zero-order valence-corrected chi connectivity index (χ0v) is 10.1. The third kappa shape index (κ3) is 0.789. The van der Waals surface area contributed by atoms with E-state index in [2.05, 4.69) is 41.5 Å². The zero-order chi connectivity index (χ0) is 10.1. The predicted molar refractivity (Wildman–Crippen MR) is 57.6 cm³/mol. The highest BCUT2D eigenvalue weighted by Crippen LogP contribution is 2.77. The summed E-state index contributed by atoms with van der Waals surface area (Å²) in [6.07, 6.45) is 2.96. The molecule has 0 saturated heterocycles. The van der Waals surface area contributed by atoms with Crippen molar-refractivity contribution >= 4 is 0 Å². The minimum Gasteiger partial charge on any atom is -0.0617 e. The maximum absolute atomic E-state index is 2.50. The van der Waals surface area contributed by atoms with Gasteiger partial charge in [0.05, 0.1) is 0 Å². The molecule has 2 rings (SSSR count). The summed E-state index contributed by atoms with van der Waals surface area (Å²) in [6.45, 7) is 14.9. The minimum atomic E-state index is 0.517. The molecule has 0 nitrogen and oxygen atoms in total. The fraction of sp³-hybridized carbons (Fsp3) is 1.00. The highest BCUT2D eigenvalue weighted by atomic mass is 14.7. The van der Waals surface area contributed by atoms with E-state index in [-0.39, 0.29) is 0 Å². The van der Waals surface area contributed by atoms with Crippen molar-refractivity contribution in [2.75, 3.05) is 0 Å². The van der Waals surface area contributed by atoms with Gasteiger partial charge in [-0.25, -0.2) is 0 Å². The lowest BCUT2D eigenvalue weighted by Gasteiger charge is -2.41. The molecule has 2 saturated carbocycles. The summed E-state index contributed by atoms with van der Waals surface area (Å²) < 4.78 is 0. The van der Waals surface area contributed by atoms with E-state index in [1.54, 1.807) is 0 Å². The lowest BCUT2D eigenvalue weighted by Crippen LogP contribution is -2.34. The van der Waals surface area contributed by atoms with E-state index in [1.165, 1.54) is 12.8 Å². The normalized spacial score (nSPS) is 43.8. The van der Waals surface area contributed by atoms with Crippen LogP contribution in [0.4, 0.5) is 0 Å². The lowest BCUT2D eigenvalue weighted by atomic mass is 9.63. The Morgan fingerprint density at radius 3 is 1.46 bits per heavy atom. The van der Waals surface area contributed by atoms with E-state index in [0.717, 1.165) is 11.8 Å². The number of hydrogen-bond donors (Lipinski definition) is 0. The summed E-state index contributed by atoms with van der Waals surface area (Å²) in [4.78, 5) is 0. The van der Waals surface area contributed by atoms with Crippen molar-refractivity contribution in [1.82, 2.24) is 0 Å². The molecule has 1 spiro atoms. The van der Waals surface area contributed by atoms with E-state index in [9.17, 15) is 0 Å². The summed E-state index contributed by atoms with van der Waals surface area (Å²) in [6, 6.07) is 0. The van der Waals surface area contributed by atoms with Crippen LogP contribution in [0.25, 0.3) is 0 Å². The van der Waals surface area contributed by atoms with Gasteiger partial charge >= 0.3 is 0 Å². The topological polar surface area (TPSA) is 0 Å². The molecule has 0 bridgehead atoms. The average Bonchev–Trinajstić information content (AvgIpc) is 2.79. The van der Waals surface area contributed by atoms with Crippen molar-refractivity contribution in [1.29, 1.82) is 0 Å². The second-order valence-electron chi connectivity index (χ2n) is 6.58. The maximum Gasteiger partial charge on any atom is -0.0212 e. The molecule has 0 aromatic heterocycles. The van der Waals surface area contributed by atoms with E-state index in [0.29, 0.717) is 16.2 Å². The van der Waals surface area contributed by atoms with Crippen LogP contribution >= 0.6 is 0 Å². The molecule has 76 valence electrons. The standard InChI is InChI=1S/C13H24/c1-9-10(2)13(7-8-13)12(5,6)11(9,3)4/h9-10H,7-8H2,1-6H3. The number of hydrogen-bond acceptors (Lipinski definition) is 0. The largest absolute Gasteiger partial charge is 0.0617 e. The van der Waals surface area contributed by atoms with E-state index < -0.39 is 0 Å². The van der Waals surface area contributed by atoms with Crippen molar-refractivity contribution in [2.24, 2.45) is 28.1 Å². The Bertz CT molecular complexity index is 218. The van der Waals surface area contributed by atoms with Gasteiger partial charge < -0.3 is 0 Å². The molecular formula is C13H24. The first-order chi connectivity index (χ1) is 5.77. The van der Waals surface area contributed by atoms with Gasteiger partial charge in [-0.3, -0.25) is 0 Å². The van der Waals surface area contributed by atoms with Gasteiger partial charge in [-0.2, -0.15) is 0 Å². The molecule has 0 aromatic rings. The van der Waals surface area contributed by atoms with Crippen LogP contribution in [-0.2, 0) is 0 Å². The predicted octanol–water partition coefficient (Wildman–Crippen LogP) is 4.10. The summed E-state index contributed by atoms with van der Waals surface area (Å²) in [7, 11) is 0. The van der Waals surface area contributed by atoms with E-state index in [4.69, 9.17) is 0 Å². The van der Waals surface area contributed by atoms with Crippen LogP contribution in [0.3, 0.4) is 0 Å². The second-order valence-corrected chi connectivity index (χ2v) is 6.58. The van der Waals surface area contributed by atoms with Crippen LogP contribution in [0.1, 0.15) is 54.4 Å². The monoisotopic (exact) mass is 180 g/mol. The molecule has 13 heavy (non-hydrogen) atoms. The van der Waals surface area contributed by atoms with Gasteiger partial charge in [0.1, 0.15) is 0 Å². The van der Waals surface area contributed by atoms with Crippen LogP contribution in [0, 0.1) is 28.1 Å². The molecule has 2 fully saturated rings. The van der Waals surface area contributed by atoms with E-state index in [1.807, 2.05) is 0 Å². The first-order valence-corrected chi connectivity index (χ1v) is 5.77. The van der Waals surface area contributed by atoms with Gasteiger partial charge in [-0.05, 0) is 40.9 Å². The molecule has 2 unspecified atom stereocenters. The van der Waals surface area contributed by atoms with Gasteiger partial charge in [0, 0.05) is 0 Å². The van der Waals surface area contributed by atoms with Crippen molar-refractivity contribution in [2.45, 2.75) is 54.4 Å². The zero-order valence-electron chi connectivity index (χ0n) is 10.1. The summed E-state index contributed by atoms with van der Waals surface area (Å²) in [5, 5.41) is 0. The minimum absolute atomic E-state index is 0.517. The lowest BCUT2D eigenvalue weighted by molar-refractivity contribution is 0.0716. The Labute approximate surface area is 83.1 Å².